The van der Waals surface area contributed by atoms with Gasteiger partial charge in [-0.25, -0.2) is 4.39 Å². The molecule has 2 aliphatic rings. The van der Waals surface area contributed by atoms with Crippen LogP contribution in [0.2, 0.25) is 0 Å². The highest BCUT2D eigenvalue weighted by atomic mass is 19.1. The van der Waals surface area contributed by atoms with Crippen molar-refractivity contribution in [1.82, 2.24) is 21.0 Å². The summed E-state index contributed by atoms with van der Waals surface area (Å²) in [7, 11) is 7.17. The first-order valence-corrected chi connectivity index (χ1v) is 13.6. The van der Waals surface area contributed by atoms with Crippen molar-refractivity contribution in [2.24, 2.45) is 5.41 Å². The maximum absolute atomic E-state index is 13.9. The van der Waals surface area contributed by atoms with E-state index in [2.05, 4.69) is 53.4 Å². The van der Waals surface area contributed by atoms with Gasteiger partial charge in [-0.15, -0.1) is 5.53 Å². The van der Waals surface area contributed by atoms with Gasteiger partial charge in [-0.1, -0.05) is 32.9 Å². The predicted octanol–water partition coefficient (Wildman–Crippen LogP) is 5.73. The number of furan rings is 1. The van der Waals surface area contributed by atoms with Gasteiger partial charge in [-0.3, -0.25) is 9.99 Å². The van der Waals surface area contributed by atoms with Crippen LogP contribution < -0.4 is 21.6 Å². The van der Waals surface area contributed by atoms with Gasteiger partial charge in [0.05, 0.1) is 34.2 Å². The standard InChI is InChI=1S/C31H31BFN7O/c1-30(2,3)18-36-28-19(15-34)16-35-29-24(26-5-4-12-41-26)13-22(14-25(28)29)37-31(32,20-6-8-21(33)9-7-20)27-17-40(39-38-27)23-10-11-23/h4-9,12-14,16-17,23,37-39H,10-11,18H2,1-3H3,(H,35,36). The van der Waals surface area contributed by atoms with E-state index < -0.39 is 5.44 Å². The summed E-state index contributed by atoms with van der Waals surface area (Å²) in [5.41, 5.74) is 9.65. The van der Waals surface area contributed by atoms with Crippen LogP contribution in [0.3, 0.4) is 0 Å². The second-order valence-corrected chi connectivity index (χ2v) is 11.8. The molecule has 8 nitrogen and oxygen atoms in total. The summed E-state index contributed by atoms with van der Waals surface area (Å²) in [4.78, 5) is 4.67. The highest BCUT2D eigenvalue weighted by Crippen LogP contribution is 2.40. The van der Waals surface area contributed by atoms with E-state index in [0.29, 0.717) is 52.1 Å². The molecule has 10 heteroatoms. The monoisotopic (exact) mass is 547 g/mol. The third-order valence-corrected chi connectivity index (χ3v) is 7.27. The van der Waals surface area contributed by atoms with Crippen LogP contribution in [0.25, 0.3) is 22.2 Å². The minimum absolute atomic E-state index is 0.0297. The molecule has 41 heavy (non-hydrogen) atoms. The maximum atomic E-state index is 13.9. The summed E-state index contributed by atoms with van der Waals surface area (Å²) in [5.74, 6) is 0.277. The average Bonchev–Trinajstić information content (AvgIpc) is 3.42. The van der Waals surface area contributed by atoms with Crippen molar-refractivity contribution < 1.29 is 8.81 Å². The number of benzene rings is 2. The molecule has 4 aromatic rings. The molecular weight excluding hydrogens is 516 g/mol. The average molecular weight is 547 g/mol. The van der Waals surface area contributed by atoms with E-state index >= 15 is 0 Å². The van der Waals surface area contributed by atoms with Crippen LogP contribution >= 0.6 is 0 Å². The van der Waals surface area contributed by atoms with E-state index in [4.69, 9.17) is 12.3 Å². The molecule has 3 heterocycles. The molecule has 4 N–H and O–H groups in total. The lowest BCUT2D eigenvalue weighted by Gasteiger charge is -2.34. The third-order valence-electron chi connectivity index (χ3n) is 7.27. The fourth-order valence-corrected chi connectivity index (χ4v) is 4.94. The molecule has 1 aliphatic heterocycles. The summed E-state index contributed by atoms with van der Waals surface area (Å²) in [6.07, 6.45) is 7.34. The lowest BCUT2D eigenvalue weighted by molar-refractivity contribution is 0.260. The highest BCUT2D eigenvalue weighted by Gasteiger charge is 2.38. The number of nitrogens with one attached hydrogen (secondary N) is 4. The molecule has 2 aromatic carbocycles. The fraction of sp³-hybridized carbons (Fsp3) is 0.290. The van der Waals surface area contributed by atoms with Crippen molar-refractivity contribution in [3.8, 4) is 17.4 Å². The Kier molecular flexibility index (Phi) is 6.63. The Morgan fingerprint density at radius 2 is 1.98 bits per heavy atom. The molecule has 0 saturated heterocycles. The van der Waals surface area contributed by atoms with E-state index in [0.717, 1.165) is 23.8 Å². The van der Waals surface area contributed by atoms with Gasteiger partial charge in [0.25, 0.3) is 0 Å². The van der Waals surface area contributed by atoms with Crippen molar-refractivity contribution in [3.05, 3.63) is 89.8 Å². The minimum atomic E-state index is -1.27. The molecular formula is C31H31BFN7O. The third kappa shape index (κ3) is 5.33. The number of anilines is 2. The van der Waals surface area contributed by atoms with E-state index in [1.807, 2.05) is 35.5 Å². The van der Waals surface area contributed by atoms with Gasteiger partial charge in [-0.05, 0) is 60.2 Å². The van der Waals surface area contributed by atoms with Crippen LogP contribution in [0.4, 0.5) is 15.8 Å². The van der Waals surface area contributed by atoms with Crippen LogP contribution in [0.1, 0.15) is 44.7 Å². The first-order chi connectivity index (χ1) is 19.6. The van der Waals surface area contributed by atoms with Crippen molar-refractivity contribution in [3.63, 3.8) is 0 Å². The van der Waals surface area contributed by atoms with E-state index in [9.17, 15) is 9.65 Å². The molecule has 206 valence electrons. The molecule has 1 saturated carbocycles. The van der Waals surface area contributed by atoms with Crippen molar-refractivity contribution in [1.29, 1.82) is 5.26 Å². The first-order valence-electron chi connectivity index (χ1n) is 13.6. The number of hydrogen-bond acceptors (Lipinski definition) is 8. The van der Waals surface area contributed by atoms with Crippen LogP contribution in [-0.4, -0.2) is 30.4 Å². The topological polar surface area (TPSA) is 101 Å². The number of halogens is 1. The molecule has 1 fully saturated rings. The molecule has 2 aromatic heterocycles. The van der Waals surface area contributed by atoms with Crippen molar-refractivity contribution in [2.75, 3.05) is 17.2 Å². The molecule has 0 spiro atoms. The van der Waals surface area contributed by atoms with Gasteiger partial charge in [0, 0.05) is 41.6 Å². The van der Waals surface area contributed by atoms with Crippen molar-refractivity contribution >= 4 is 30.1 Å². The highest BCUT2D eigenvalue weighted by molar-refractivity contribution is 6.19. The summed E-state index contributed by atoms with van der Waals surface area (Å²) < 4.78 is 19.8. The molecule has 0 amide bonds. The van der Waals surface area contributed by atoms with Crippen LogP contribution in [0, 0.1) is 22.6 Å². The lowest BCUT2D eigenvalue weighted by Crippen LogP contribution is -2.45. The number of nitrogens with zero attached hydrogens (tertiary/aromatic N) is 3. The molecule has 0 bridgehead atoms. The van der Waals surface area contributed by atoms with Gasteiger partial charge in [0.2, 0.25) is 0 Å². The number of hydrogen-bond donors (Lipinski definition) is 4. The van der Waals surface area contributed by atoms with Gasteiger partial charge >= 0.3 is 0 Å². The SMILES string of the molecule is [B]C(Nc1cc(-c2ccco2)c2ncc(C#N)c(NCC(C)(C)C)c2c1)(C1=CN(C2CC2)NN1)c1ccc(F)cc1. The Balaban J connectivity index is 1.52. The zero-order valence-corrected chi connectivity index (χ0v) is 23.3. The number of hydrazine groups is 2. The Labute approximate surface area is 240 Å². The van der Waals surface area contributed by atoms with Crippen LogP contribution in [0.5, 0.6) is 0 Å². The van der Waals surface area contributed by atoms with E-state index in [-0.39, 0.29) is 11.2 Å². The van der Waals surface area contributed by atoms with Gasteiger partial charge in [0.15, 0.2) is 0 Å². The minimum Gasteiger partial charge on any atom is -0.464 e. The number of nitriles is 1. The summed E-state index contributed by atoms with van der Waals surface area (Å²) in [6.45, 7) is 7.03. The zero-order chi connectivity index (χ0) is 28.8. The number of aromatic nitrogens is 1. The first kappa shape index (κ1) is 26.7. The zero-order valence-electron chi connectivity index (χ0n) is 23.3. The lowest BCUT2D eigenvalue weighted by atomic mass is 9.69. The van der Waals surface area contributed by atoms with Crippen molar-refractivity contribution in [2.45, 2.75) is 45.1 Å². The van der Waals surface area contributed by atoms with Gasteiger partial charge < -0.3 is 20.5 Å². The van der Waals surface area contributed by atoms with E-state index in [1.165, 1.54) is 12.1 Å². The normalized spacial score (nSPS) is 16.6. The second kappa shape index (κ2) is 10.2. The molecule has 1 unspecified atom stereocenters. The maximum Gasteiger partial charge on any atom is 0.136 e. The summed E-state index contributed by atoms with van der Waals surface area (Å²) in [5, 5.41) is 19.7. The summed E-state index contributed by atoms with van der Waals surface area (Å²) >= 11 is 0. The number of pyridine rings is 1. The largest absolute Gasteiger partial charge is 0.464 e. The van der Waals surface area contributed by atoms with Gasteiger partial charge in [0.1, 0.15) is 25.5 Å². The van der Waals surface area contributed by atoms with Gasteiger partial charge in [-0.2, -0.15) is 5.26 Å². The van der Waals surface area contributed by atoms with Crippen LogP contribution in [0.15, 0.2) is 77.3 Å². The number of fused-ring (bicyclic) bond motifs is 1. The Morgan fingerprint density at radius 1 is 1.20 bits per heavy atom. The smallest absolute Gasteiger partial charge is 0.136 e. The van der Waals surface area contributed by atoms with Crippen LogP contribution in [-0.2, 0) is 5.44 Å². The quantitative estimate of drug-likeness (QED) is 0.208. The second-order valence-electron chi connectivity index (χ2n) is 11.8. The molecule has 1 aliphatic carbocycles. The molecule has 6 rings (SSSR count). The summed E-state index contributed by atoms with van der Waals surface area (Å²) in [6, 6.07) is 16.4. The Hall–Kier alpha value is -4.49. The molecule has 1 atom stereocenters. The number of rotatable bonds is 8. The van der Waals surface area contributed by atoms with E-state index in [1.54, 1.807) is 24.6 Å². The molecule has 2 radical (unpaired) electrons. The Morgan fingerprint density at radius 3 is 2.63 bits per heavy atom. The fourth-order valence-electron chi connectivity index (χ4n) is 4.94. The Bertz CT molecular complexity index is 1650. The predicted molar refractivity (Wildman–Crippen MR) is 159 cm³/mol.